The molecular weight excluding hydrogens is 426 g/mol. The van der Waals surface area contributed by atoms with E-state index in [1.807, 2.05) is 0 Å². The minimum Gasteiger partial charge on any atom is -0.478 e. The van der Waals surface area contributed by atoms with Crippen LogP contribution in [0.15, 0.2) is 55.2 Å². The molecule has 1 aliphatic rings. The van der Waals surface area contributed by atoms with Crippen molar-refractivity contribution in [3.8, 4) is 0 Å². The number of aromatic carboxylic acids is 3. The number of aromatic nitrogens is 3. The molecule has 9 nitrogen and oxygen atoms in total. The summed E-state index contributed by atoms with van der Waals surface area (Å²) < 4.78 is 0. The first-order valence-electron chi connectivity index (χ1n) is 10.4. The average Bonchev–Trinajstić information content (AvgIpc) is 2.83. The van der Waals surface area contributed by atoms with E-state index in [-0.39, 0.29) is 34.4 Å². The van der Waals surface area contributed by atoms with Gasteiger partial charge in [-0.05, 0) is 66.5 Å². The molecular formula is C24H21N3O6. The zero-order chi connectivity index (χ0) is 23.5. The van der Waals surface area contributed by atoms with Gasteiger partial charge in [0.05, 0.1) is 16.7 Å². The zero-order valence-electron chi connectivity index (χ0n) is 17.5. The van der Waals surface area contributed by atoms with E-state index in [9.17, 15) is 24.6 Å². The van der Waals surface area contributed by atoms with Crippen LogP contribution >= 0.6 is 0 Å². The topological polar surface area (TPSA) is 151 Å². The molecule has 33 heavy (non-hydrogen) atoms. The van der Waals surface area contributed by atoms with Crippen molar-refractivity contribution in [3.63, 3.8) is 0 Å². The van der Waals surface area contributed by atoms with E-state index in [1.165, 1.54) is 24.7 Å². The molecule has 3 heterocycles. The quantitative estimate of drug-likeness (QED) is 0.512. The predicted octanol–water partition coefficient (Wildman–Crippen LogP) is 3.80. The maximum atomic E-state index is 11.8. The molecule has 168 valence electrons. The van der Waals surface area contributed by atoms with Crippen molar-refractivity contribution in [1.82, 2.24) is 15.0 Å². The molecule has 2 unspecified atom stereocenters. The molecule has 0 spiro atoms. The van der Waals surface area contributed by atoms with Crippen LogP contribution < -0.4 is 0 Å². The van der Waals surface area contributed by atoms with E-state index in [2.05, 4.69) is 15.0 Å². The van der Waals surface area contributed by atoms with Crippen LogP contribution in [0.5, 0.6) is 0 Å². The first-order valence-corrected chi connectivity index (χ1v) is 10.4. The normalized spacial score (nSPS) is 20.2. The molecule has 0 bridgehead atoms. The molecule has 0 amide bonds. The highest BCUT2D eigenvalue weighted by Crippen LogP contribution is 2.48. The van der Waals surface area contributed by atoms with Crippen LogP contribution in [-0.2, 0) is 0 Å². The van der Waals surface area contributed by atoms with Crippen LogP contribution in [0, 0.1) is 0 Å². The van der Waals surface area contributed by atoms with E-state index in [0.29, 0.717) is 36.1 Å². The van der Waals surface area contributed by atoms with Gasteiger partial charge in [0.15, 0.2) is 0 Å². The highest BCUT2D eigenvalue weighted by atomic mass is 16.4. The van der Waals surface area contributed by atoms with E-state index in [4.69, 9.17) is 5.11 Å². The van der Waals surface area contributed by atoms with Gasteiger partial charge in [0.1, 0.15) is 0 Å². The molecule has 0 aromatic carbocycles. The van der Waals surface area contributed by atoms with Crippen molar-refractivity contribution >= 4 is 17.9 Å². The van der Waals surface area contributed by atoms with Gasteiger partial charge in [-0.3, -0.25) is 15.0 Å². The Hall–Kier alpha value is -4.14. The maximum Gasteiger partial charge on any atom is 0.337 e. The number of rotatable bonds is 6. The summed E-state index contributed by atoms with van der Waals surface area (Å²) in [5.74, 6) is -3.70. The van der Waals surface area contributed by atoms with Crippen molar-refractivity contribution in [3.05, 3.63) is 88.8 Å². The molecule has 3 aromatic heterocycles. The average molecular weight is 447 g/mol. The summed E-state index contributed by atoms with van der Waals surface area (Å²) >= 11 is 0. The molecule has 0 saturated heterocycles. The molecule has 1 saturated carbocycles. The van der Waals surface area contributed by atoms with Crippen LogP contribution in [0.25, 0.3) is 0 Å². The van der Waals surface area contributed by atoms with Gasteiger partial charge in [-0.1, -0.05) is 0 Å². The monoisotopic (exact) mass is 447 g/mol. The summed E-state index contributed by atoms with van der Waals surface area (Å²) in [7, 11) is 0. The second kappa shape index (κ2) is 9.15. The lowest BCUT2D eigenvalue weighted by Crippen LogP contribution is -2.23. The van der Waals surface area contributed by atoms with Crippen LogP contribution in [0.1, 0.15) is 84.9 Å². The predicted molar refractivity (Wildman–Crippen MR) is 116 cm³/mol. The number of nitrogens with zero attached hydrogens (tertiary/aromatic N) is 3. The largest absolute Gasteiger partial charge is 0.478 e. The third-order valence-electron chi connectivity index (χ3n) is 6.21. The smallest absolute Gasteiger partial charge is 0.337 e. The van der Waals surface area contributed by atoms with Gasteiger partial charge in [-0.15, -0.1) is 0 Å². The van der Waals surface area contributed by atoms with Gasteiger partial charge < -0.3 is 15.3 Å². The second-order valence-electron chi connectivity index (χ2n) is 8.11. The van der Waals surface area contributed by atoms with Crippen molar-refractivity contribution in [2.45, 2.75) is 37.0 Å². The number of hydrogen-bond acceptors (Lipinski definition) is 6. The van der Waals surface area contributed by atoms with Crippen molar-refractivity contribution < 1.29 is 29.7 Å². The van der Waals surface area contributed by atoms with E-state index in [1.54, 1.807) is 30.6 Å². The molecule has 9 heteroatoms. The van der Waals surface area contributed by atoms with Crippen LogP contribution in [0.2, 0.25) is 0 Å². The SMILES string of the molecule is O=C(O)c1ccc(C2CC(c3ccncc3C(=O)O)CC(c3ccncc3C(=O)O)C2)nc1. The molecule has 4 rings (SSSR count). The minimum absolute atomic E-state index is 0.0762. The highest BCUT2D eigenvalue weighted by molar-refractivity contribution is 5.90. The Kier molecular flexibility index (Phi) is 6.12. The van der Waals surface area contributed by atoms with Crippen molar-refractivity contribution in [1.29, 1.82) is 0 Å². The maximum absolute atomic E-state index is 11.8. The Balaban J connectivity index is 1.76. The van der Waals surface area contributed by atoms with Crippen molar-refractivity contribution in [2.75, 3.05) is 0 Å². The summed E-state index contributed by atoms with van der Waals surface area (Å²) in [6.07, 6.45) is 8.79. The first-order chi connectivity index (χ1) is 15.8. The molecule has 3 aromatic rings. The van der Waals surface area contributed by atoms with Gasteiger partial charge in [0, 0.05) is 42.6 Å². The standard InChI is InChI=1S/C24H21N3O6/c28-22(29)13-1-2-21(27-10-13)16-8-14(17-3-5-25-11-19(17)23(30)31)7-15(9-16)18-4-6-26-12-20(18)24(32)33/h1-6,10-12,14-16H,7-9H2,(H,28,29)(H,30,31)(H,32,33). The Morgan fingerprint density at radius 3 is 1.61 bits per heavy atom. The summed E-state index contributed by atoms with van der Waals surface area (Å²) in [5, 5.41) is 28.5. The zero-order valence-corrected chi connectivity index (χ0v) is 17.5. The fourth-order valence-corrected chi connectivity index (χ4v) is 4.72. The van der Waals surface area contributed by atoms with E-state index in [0.717, 1.165) is 0 Å². The van der Waals surface area contributed by atoms with Gasteiger partial charge in [-0.25, -0.2) is 14.4 Å². The van der Waals surface area contributed by atoms with E-state index >= 15 is 0 Å². The fourth-order valence-electron chi connectivity index (χ4n) is 4.72. The number of carboxylic acids is 3. The molecule has 1 aliphatic carbocycles. The Bertz CT molecular complexity index is 1150. The Morgan fingerprint density at radius 2 is 1.18 bits per heavy atom. The van der Waals surface area contributed by atoms with Crippen LogP contribution in [-0.4, -0.2) is 48.2 Å². The van der Waals surface area contributed by atoms with Gasteiger partial charge in [0.2, 0.25) is 0 Å². The fraction of sp³-hybridized carbons (Fsp3) is 0.250. The van der Waals surface area contributed by atoms with Gasteiger partial charge >= 0.3 is 17.9 Å². The lowest BCUT2D eigenvalue weighted by Gasteiger charge is -2.36. The third kappa shape index (κ3) is 4.57. The summed E-state index contributed by atoms with van der Waals surface area (Å²) in [5.41, 5.74) is 2.27. The van der Waals surface area contributed by atoms with Gasteiger partial charge in [-0.2, -0.15) is 0 Å². The lowest BCUT2D eigenvalue weighted by molar-refractivity contribution is 0.0684. The lowest BCUT2D eigenvalue weighted by atomic mass is 9.68. The number of pyridine rings is 3. The Morgan fingerprint density at radius 1 is 0.667 bits per heavy atom. The van der Waals surface area contributed by atoms with Crippen LogP contribution in [0.4, 0.5) is 0 Å². The molecule has 1 fully saturated rings. The molecule has 2 atom stereocenters. The Labute approximate surface area is 188 Å². The van der Waals surface area contributed by atoms with Gasteiger partial charge in [0.25, 0.3) is 0 Å². The minimum atomic E-state index is -1.07. The number of carbonyl (C=O) groups is 3. The molecule has 0 aliphatic heterocycles. The summed E-state index contributed by atoms with van der Waals surface area (Å²) in [6, 6.07) is 6.55. The summed E-state index contributed by atoms with van der Waals surface area (Å²) in [4.78, 5) is 47.1. The van der Waals surface area contributed by atoms with E-state index < -0.39 is 17.9 Å². The molecule has 0 radical (unpaired) electrons. The number of carboxylic acid groups (broad SMARTS) is 3. The summed E-state index contributed by atoms with van der Waals surface area (Å²) in [6.45, 7) is 0. The van der Waals surface area contributed by atoms with Crippen molar-refractivity contribution in [2.24, 2.45) is 0 Å². The third-order valence-corrected chi connectivity index (χ3v) is 6.21. The molecule has 3 N–H and O–H groups in total. The first kappa shape index (κ1) is 22.1. The highest BCUT2D eigenvalue weighted by Gasteiger charge is 2.35. The number of hydrogen-bond donors (Lipinski definition) is 3. The van der Waals surface area contributed by atoms with Crippen LogP contribution in [0.3, 0.4) is 0 Å². The second-order valence-corrected chi connectivity index (χ2v) is 8.11.